The Morgan fingerprint density at radius 2 is 1.89 bits per heavy atom. The second-order valence-corrected chi connectivity index (χ2v) is 7.19. The third kappa shape index (κ3) is 4.51. The monoisotopic (exact) mass is 405 g/mol. The van der Waals surface area contributed by atoms with Gasteiger partial charge >= 0.3 is 0 Å². The molecule has 1 unspecified atom stereocenters. The van der Waals surface area contributed by atoms with Gasteiger partial charge in [-0.15, -0.1) is 0 Å². The fourth-order valence-electron chi connectivity index (χ4n) is 3.76. The maximum absolute atomic E-state index is 12.6. The Morgan fingerprint density at radius 3 is 2.57 bits per heavy atom. The molecule has 1 heterocycles. The van der Waals surface area contributed by atoms with E-state index in [1.165, 1.54) is 4.90 Å². The van der Waals surface area contributed by atoms with Gasteiger partial charge in [-0.25, -0.2) is 0 Å². The summed E-state index contributed by atoms with van der Waals surface area (Å²) in [6.45, 7) is 1.32. The first-order chi connectivity index (χ1) is 13.5. The number of hydrogen-bond acceptors (Lipinski definition) is 4. The van der Waals surface area contributed by atoms with Crippen LogP contribution in [0.2, 0.25) is 5.02 Å². The third-order valence-corrected chi connectivity index (χ3v) is 5.42. The number of carbonyl (C=O) groups excluding carboxylic acids is 1. The molecule has 1 amide bonds. The number of carbonyl (C=O) groups is 1. The molecule has 1 fully saturated rings. The number of likely N-dealkylation sites (tertiary alicyclic amines) is 1. The standard InChI is InChI=1S/C21H25ClN2O4/c1-26-15-7-8-16(20(12-15)28-3)18-5-4-10-24(18)13-21(25)23-14-6-9-19(27-2)17(22)11-14/h6-9,11-12,18H,4-5,10,13H2,1-3H3,(H,23,25)/p+1/t18-/m0/s1. The molecule has 7 heteroatoms. The first-order valence-electron chi connectivity index (χ1n) is 9.25. The van der Waals surface area contributed by atoms with E-state index in [1.807, 2.05) is 18.2 Å². The topological polar surface area (TPSA) is 61.2 Å². The second-order valence-electron chi connectivity index (χ2n) is 6.79. The van der Waals surface area contributed by atoms with Gasteiger partial charge in [0.05, 0.1) is 38.5 Å². The Bertz CT molecular complexity index is 843. The van der Waals surface area contributed by atoms with Crippen LogP contribution in [0.4, 0.5) is 5.69 Å². The summed E-state index contributed by atoms with van der Waals surface area (Å²) in [4.78, 5) is 13.8. The number of amides is 1. The molecule has 1 aliphatic rings. The fraction of sp³-hybridized carbons (Fsp3) is 0.381. The minimum absolute atomic E-state index is 0.0457. The van der Waals surface area contributed by atoms with Gasteiger partial charge in [-0.05, 0) is 30.3 Å². The van der Waals surface area contributed by atoms with Gasteiger partial charge < -0.3 is 24.4 Å². The van der Waals surface area contributed by atoms with Crippen molar-refractivity contribution < 1.29 is 23.9 Å². The smallest absolute Gasteiger partial charge is 0.279 e. The van der Waals surface area contributed by atoms with Gasteiger partial charge in [-0.3, -0.25) is 4.79 Å². The highest BCUT2D eigenvalue weighted by Crippen LogP contribution is 2.31. The zero-order chi connectivity index (χ0) is 20.1. The van der Waals surface area contributed by atoms with Crippen molar-refractivity contribution in [3.63, 3.8) is 0 Å². The van der Waals surface area contributed by atoms with Crippen LogP contribution in [0.15, 0.2) is 36.4 Å². The fourth-order valence-corrected chi connectivity index (χ4v) is 4.02. The van der Waals surface area contributed by atoms with Gasteiger partial charge in [0, 0.05) is 24.6 Å². The number of anilines is 1. The minimum atomic E-state index is -0.0457. The maximum atomic E-state index is 12.6. The molecule has 0 saturated carbocycles. The second kappa shape index (κ2) is 9.17. The Morgan fingerprint density at radius 1 is 1.11 bits per heavy atom. The number of nitrogens with one attached hydrogen (secondary N) is 2. The highest BCUT2D eigenvalue weighted by atomic mass is 35.5. The number of halogens is 1. The zero-order valence-electron chi connectivity index (χ0n) is 16.4. The van der Waals surface area contributed by atoms with Crippen LogP contribution in [-0.2, 0) is 4.79 Å². The lowest BCUT2D eigenvalue weighted by Crippen LogP contribution is -3.11. The van der Waals surface area contributed by atoms with Crippen LogP contribution >= 0.6 is 11.6 Å². The lowest BCUT2D eigenvalue weighted by molar-refractivity contribution is -0.910. The van der Waals surface area contributed by atoms with Crippen LogP contribution in [-0.4, -0.2) is 40.3 Å². The first kappa shape index (κ1) is 20.3. The average Bonchev–Trinajstić information content (AvgIpc) is 3.15. The molecule has 2 atom stereocenters. The number of methoxy groups -OCH3 is 3. The van der Waals surface area contributed by atoms with Crippen molar-refractivity contribution >= 4 is 23.2 Å². The van der Waals surface area contributed by atoms with Crippen LogP contribution in [0.1, 0.15) is 24.4 Å². The molecule has 0 aliphatic carbocycles. The van der Waals surface area contributed by atoms with Gasteiger partial charge in [0.25, 0.3) is 5.91 Å². The maximum Gasteiger partial charge on any atom is 0.279 e. The van der Waals surface area contributed by atoms with Crippen molar-refractivity contribution in [1.29, 1.82) is 0 Å². The van der Waals surface area contributed by atoms with Crippen LogP contribution < -0.4 is 24.4 Å². The van der Waals surface area contributed by atoms with E-state index in [4.69, 9.17) is 25.8 Å². The highest BCUT2D eigenvalue weighted by Gasteiger charge is 2.33. The summed E-state index contributed by atoms with van der Waals surface area (Å²) < 4.78 is 16.0. The molecule has 2 aromatic rings. The van der Waals surface area contributed by atoms with Crippen molar-refractivity contribution in [3.8, 4) is 17.2 Å². The molecule has 0 aromatic heterocycles. The quantitative estimate of drug-likeness (QED) is 0.743. The predicted octanol–water partition coefficient (Wildman–Crippen LogP) is 2.72. The van der Waals surface area contributed by atoms with Gasteiger partial charge in [0.2, 0.25) is 0 Å². The van der Waals surface area contributed by atoms with E-state index in [0.29, 0.717) is 23.0 Å². The van der Waals surface area contributed by atoms with E-state index >= 15 is 0 Å². The van der Waals surface area contributed by atoms with Crippen molar-refractivity contribution in [2.75, 3.05) is 39.7 Å². The van der Waals surface area contributed by atoms with Gasteiger partial charge in [-0.1, -0.05) is 11.6 Å². The van der Waals surface area contributed by atoms with E-state index in [-0.39, 0.29) is 11.9 Å². The van der Waals surface area contributed by atoms with E-state index in [9.17, 15) is 4.79 Å². The van der Waals surface area contributed by atoms with Crippen molar-refractivity contribution in [3.05, 3.63) is 47.0 Å². The third-order valence-electron chi connectivity index (χ3n) is 5.12. The van der Waals surface area contributed by atoms with Crippen LogP contribution in [0, 0.1) is 0 Å². The molecule has 0 bridgehead atoms. The van der Waals surface area contributed by atoms with Gasteiger partial charge in [0.15, 0.2) is 6.54 Å². The molecule has 150 valence electrons. The highest BCUT2D eigenvalue weighted by molar-refractivity contribution is 6.32. The predicted molar refractivity (Wildman–Crippen MR) is 109 cm³/mol. The Kier molecular flexibility index (Phi) is 6.65. The lowest BCUT2D eigenvalue weighted by atomic mass is 10.0. The summed E-state index contributed by atoms with van der Waals surface area (Å²) in [5, 5.41) is 3.40. The van der Waals surface area contributed by atoms with Crippen LogP contribution in [0.5, 0.6) is 17.2 Å². The van der Waals surface area contributed by atoms with E-state index in [2.05, 4.69) is 5.32 Å². The van der Waals surface area contributed by atoms with E-state index in [0.717, 1.165) is 36.4 Å². The van der Waals surface area contributed by atoms with E-state index in [1.54, 1.807) is 39.5 Å². The molecule has 0 radical (unpaired) electrons. The summed E-state index contributed by atoms with van der Waals surface area (Å²) in [6, 6.07) is 11.3. The van der Waals surface area contributed by atoms with Crippen molar-refractivity contribution in [1.82, 2.24) is 0 Å². The summed E-state index contributed by atoms with van der Waals surface area (Å²) in [5.74, 6) is 2.09. The number of rotatable bonds is 7. The molecular formula is C21H26ClN2O4+. The Hall–Kier alpha value is -2.44. The molecule has 2 aromatic carbocycles. The van der Waals surface area contributed by atoms with Gasteiger partial charge in [0.1, 0.15) is 23.3 Å². The Balaban J connectivity index is 1.70. The summed E-state index contributed by atoms with van der Waals surface area (Å²) >= 11 is 6.14. The Labute approximate surface area is 170 Å². The minimum Gasteiger partial charge on any atom is -0.497 e. The largest absolute Gasteiger partial charge is 0.497 e. The van der Waals surface area contributed by atoms with E-state index < -0.39 is 0 Å². The first-order valence-corrected chi connectivity index (χ1v) is 9.63. The normalized spacial score (nSPS) is 18.6. The molecule has 3 rings (SSSR count). The summed E-state index contributed by atoms with van der Waals surface area (Å²) in [5.41, 5.74) is 1.77. The van der Waals surface area contributed by atoms with Crippen molar-refractivity contribution in [2.45, 2.75) is 18.9 Å². The number of quaternary nitrogens is 1. The average molecular weight is 406 g/mol. The summed E-state index contributed by atoms with van der Waals surface area (Å²) in [6.07, 6.45) is 2.08. The molecule has 0 spiro atoms. The number of benzene rings is 2. The summed E-state index contributed by atoms with van der Waals surface area (Å²) in [7, 11) is 4.86. The van der Waals surface area contributed by atoms with Crippen LogP contribution in [0.3, 0.4) is 0 Å². The molecule has 1 aliphatic heterocycles. The molecular weight excluding hydrogens is 380 g/mol. The number of hydrogen-bond donors (Lipinski definition) is 2. The SMILES string of the molecule is COc1ccc([C@@H]2CCC[NH+]2CC(=O)Nc2ccc(OC)c(Cl)c2)c(OC)c1. The molecule has 6 nitrogen and oxygen atoms in total. The number of ether oxygens (including phenoxy) is 3. The van der Waals surface area contributed by atoms with Crippen LogP contribution in [0.25, 0.3) is 0 Å². The molecule has 28 heavy (non-hydrogen) atoms. The molecule has 2 N–H and O–H groups in total. The van der Waals surface area contributed by atoms with Crippen molar-refractivity contribution in [2.24, 2.45) is 0 Å². The molecule has 1 saturated heterocycles. The van der Waals surface area contributed by atoms with Gasteiger partial charge in [-0.2, -0.15) is 0 Å². The zero-order valence-corrected chi connectivity index (χ0v) is 17.1. The lowest BCUT2D eigenvalue weighted by Gasteiger charge is -2.23.